The molecule has 1 N–H and O–H groups in total. The number of para-hydroxylation sites is 2. The molecule has 3 aromatic rings. The Morgan fingerprint density at radius 3 is 2.68 bits per heavy atom. The van der Waals surface area contributed by atoms with Gasteiger partial charge in [0.05, 0.1) is 16.7 Å². The van der Waals surface area contributed by atoms with E-state index in [4.69, 9.17) is 0 Å². The van der Waals surface area contributed by atoms with Crippen molar-refractivity contribution in [3.05, 3.63) is 60.2 Å². The summed E-state index contributed by atoms with van der Waals surface area (Å²) < 4.78 is 2.02. The molecule has 96 valence electrons. The van der Waals surface area contributed by atoms with E-state index in [2.05, 4.69) is 9.97 Å². The molecule has 0 aliphatic rings. The highest BCUT2D eigenvalue weighted by atomic mass is 16.3. The SMILES string of the molecule is Cn1c(CC(O)c2ccccn2)nc2ccccc21. The Balaban J connectivity index is 1.91. The number of pyridine rings is 1. The molecule has 3 rings (SSSR count). The molecule has 0 saturated heterocycles. The molecular weight excluding hydrogens is 238 g/mol. The fourth-order valence-electron chi connectivity index (χ4n) is 2.23. The van der Waals surface area contributed by atoms with Crippen LogP contribution in [-0.4, -0.2) is 19.6 Å². The molecule has 0 saturated carbocycles. The molecule has 1 unspecified atom stereocenters. The lowest BCUT2D eigenvalue weighted by molar-refractivity contribution is 0.170. The molecule has 0 amide bonds. The zero-order valence-electron chi connectivity index (χ0n) is 10.7. The van der Waals surface area contributed by atoms with Crippen molar-refractivity contribution in [1.82, 2.24) is 14.5 Å². The summed E-state index contributed by atoms with van der Waals surface area (Å²) in [5, 5.41) is 10.2. The summed E-state index contributed by atoms with van der Waals surface area (Å²) in [4.78, 5) is 8.72. The van der Waals surface area contributed by atoms with Gasteiger partial charge in [0.1, 0.15) is 11.9 Å². The van der Waals surface area contributed by atoms with E-state index in [1.807, 2.05) is 54.1 Å². The Hall–Kier alpha value is -2.20. The first kappa shape index (κ1) is 11.9. The second-order valence-corrected chi connectivity index (χ2v) is 4.55. The summed E-state index contributed by atoms with van der Waals surface area (Å²) in [7, 11) is 1.97. The minimum Gasteiger partial charge on any atom is -0.386 e. The molecule has 2 aromatic heterocycles. The Morgan fingerprint density at radius 1 is 1.16 bits per heavy atom. The fraction of sp³-hybridized carbons (Fsp3) is 0.200. The maximum absolute atomic E-state index is 10.2. The molecular formula is C15H15N3O. The molecule has 4 heteroatoms. The van der Waals surface area contributed by atoms with E-state index in [1.165, 1.54) is 0 Å². The number of aryl methyl sites for hydroxylation is 1. The highest BCUT2D eigenvalue weighted by molar-refractivity contribution is 5.75. The van der Waals surface area contributed by atoms with E-state index in [-0.39, 0.29) is 0 Å². The van der Waals surface area contributed by atoms with Crippen molar-refractivity contribution in [3.63, 3.8) is 0 Å². The van der Waals surface area contributed by atoms with Gasteiger partial charge in [0, 0.05) is 19.7 Å². The summed E-state index contributed by atoms with van der Waals surface area (Å²) in [5.74, 6) is 0.861. The lowest BCUT2D eigenvalue weighted by Crippen LogP contribution is -2.08. The molecule has 1 aromatic carbocycles. The minimum atomic E-state index is -0.628. The van der Waals surface area contributed by atoms with Gasteiger partial charge < -0.3 is 9.67 Å². The third kappa shape index (κ3) is 2.22. The summed E-state index contributed by atoms with van der Waals surface area (Å²) >= 11 is 0. The number of imidazole rings is 1. The first-order valence-electron chi connectivity index (χ1n) is 6.25. The molecule has 19 heavy (non-hydrogen) atoms. The van der Waals surface area contributed by atoms with E-state index in [0.717, 1.165) is 16.9 Å². The first-order valence-corrected chi connectivity index (χ1v) is 6.25. The van der Waals surface area contributed by atoms with Crippen LogP contribution in [0.5, 0.6) is 0 Å². The van der Waals surface area contributed by atoms with Crippen molar-refractivity contribution in [2.45, 2.75) is 12.5 Å². The van der Waals surface area contributed by atoms with Crippen LogP contribution in [0.15, 0.2) is 48.7 Å². The molecule has 0 aliphatic heterocycles. The number of nitrogens with zero attached hydrogens (tertiary/aromatic N) is 3. The predicted molar refractivity (Wildman–Crippen MR) is 73.6 cm³/mol. The van der Waals surface area contributed by atoms with Crippen molar-refractivity contribution in [2.75, 3.05) is 0 Å². The third-order valence-electron chi connectivity index (χ3n) is 3.28. The lowest BCUT2D eigenvalue weighted by Gasteiger charge is -2.09. The molecule has 1 atom stereocenters. The third-order valence-corrected chi connectivity index (χ3v) is 3.28. The average molecular weight is 253 g/mol. The zero-order valence-corrected chi connectivity index (χ0v) is 10.7. The van der Waals surface area contributed by atoms with Crippen LogP contribution in [0.2, 0.25) is 0 Å². The number of aliphatic hydroxyl groups excluding tert-OH is 1. The van der Waals surface area contributed by atoms with Gasteiger partial charge in [0.2, 0.25) is 0 Å². The maximum atomic E-state index is 10.2. The Labute approximate surface area is 111 Å². The summed E-state index contributed by atoms with van der Waals surface area (Å²) in [6, 6.07) is 13.5. The van der Waals surface area contributed by atoms with Gasteiger partial charge in [-0.1, -0.05) is 18.2 Å². The monoisotopic (exact) mass is 253 g/mol. The van der Waals surface area contributed by atoms with E-state index < -0.39 is 6.10 Å². The molecule has 0 spiro atoms. The van der Waals surface area contributed by atoms with E-state index in [0.29, 0.717) is 12.1 Å². The number of fused-ring (bicyclic) bond motifs is 1. The quantitative estimate of drug-likeness (QED) is 0.779. The van der Waals surface area contributed by atoms with E-state index in [1.54, 1.807) is 6.20 Å². The maximum Gasteiger partial charge on any atom is 0.112 e. The number of hydrogen-bond acceptors (Lipinski definition) is 3. The van der Waals surface area contributed by atoms with Crippen molar-refractivity contribution in [1.29, 1.82) is 0 Å². The van der Waals surface area contributed by atoms with Gasteiger partial charge in [0.15, 0.2) is 0 Å². The second-order valence-electron chi connectivity index (χ2n) is 4.55. The summed E-state index contributed by atoms with van der Waals surface area (Å²) in [5.41, 5.74) is 2.70. The highest BCUT2D eigenvalue weighted by Crippen LogP contribution is 2.19. The lowest BCUT2D eigenvalue weighted by atomic mass is 10.1. The van der Waals surface area contributed by atoms with E-state index in [9.17, 15) is 5.11 Å². The number of aliphatic hydroxyl groups is 1. The molecule has 0 bridgehead atoms. The zero-order chi connectivity index (χ0) is 13.2. The largest absolute Gasteiger partial charge is 0.386 e. The Bertz CT molecular complexity index is 691. The van der Waals surface area contributed by atoms with Crippen molar-refractivity contribution < 1.29 is 5.11 Å². The number of hydrogen-bond donors (Lipinski definition) is 1. The van der Waals surface area contributed by atoms with E-state index >= 15 is 0 Å². The standard InChI is InChI=1S/C15H15N3O/c1-18-13-8-3-2-6-11(13)17-15(18)10-14(19)12-7-4-5-9-16-12/h2-9,14,19H,10H2,1H3. The van der Waals surface area contributed by atoms with Gasteiger partial charge in [-0.05, 0) is 24.3 Å². The van der Waals surface area contributed by atoms with Crippen LogP contribution in [-0.2, 0) is 13.5 Å². The fourth-order valence-corrected chi connectivity index (χ4v) is 2.23. The van der Waals surface area contributed by atoms with Gasteiger partial charge in [-0.3, -0.25) is 4.98 Å². The van der Waals surface area contributed by atoms with Gasteiger partial charge in [-0.2, -0.15) is 0 Å². The Morgan fingerprint density at radius 2 is 1.95 bits per heavy atom. The van der Waals surface area contributed by atoms with Crippen LogP contribution in [0, 0.1) is 0 Å². The smallest absolute Gasteiger partial charge is 0.112 e. The molecule has 0 fully saturated rings. The molecule has 2 heterocycles. The van der Waals surface area contributed by atoms with Crippen LogP contribution in [0.4, 0.5) is 0 Å². The first-order chi connectivity index (χ1) is 9.25. The van der Waals surface area contributed by atoms with Crippen molar-refractivity contribution in [2.24, 2.45) is 7.05 Å². The van der Waals surface area contributed by atoms with Gasteiger partial charge in [-0.25, -0.2) is 4.98 Å². The van der Waals surface area contributed by atoms with Gasteiger partial charge in [0.25, 0.3) is 0 Å². The average Bonchev–Trinajstić information content (AvgIpc) is 2.77. The predicted octanol–water partition coefficient (Wildman–Crippen LogP) is 2.24. The highest BCUT2D eigenvalue weighted by Gasteiger charge is 2.14. The van der Waals surface area contributed by atoms with Crippen LogP contribution in [0.25, 0.3) is 11.0 Å². The minimum absolute atomic E-state index is 0.461. The topological polar surface area (TPSA) is 50.9 Å². The van der Waals surface area contributed by atoms with Crippen LogP contribution >= 0.6 is 0 Å². The second kappa shape index (κ2) is 4.82. The van der Waals surface area contributed by atoms with Crippen molar-refractivity contribution in [3.8, 4) is 0 Å². The van der Waals surface area contributed by atoms with Crippen molar-refractivity contribution >= 4 is 11.0 Å². The normalized spacial score (nSPS) is 12.7. The number of rotatable bonds is 3. The van der Waals surface area contributed by atoms with Gasteiger partial charge >= 0.3 is 0 Å². The number of benzene rings is 1. The van der Waals surface area contributed by atoms with Gasteiger partial charge in [-0.15, -0.1) is 0 Å². The molecule has 0 radical (unpaired) electrons. The van der Waals surface area contributed by atoms with Crippen LogP contribution < -0.4 is 0 Å². The summed E-state index contributed by atoms with van der Waals surface area (Å²) in [6.45, 7) is 0. The molecule has 0 aliphatic carbocycles. The Kier molecular flexibility index (Phi) is 3.01. The molecule has 4 nitrogen and oxygen atoms in total. The van der Waals surface area contributed by atoms with Crippen LogP contribution in [0.3, 0.4) is 0 Å². The summed E-state index contributed by atoms with van der Waals surface area (Å²) in [6.07, 6.45) is 1.52. The van der Waals surface area contributed by atoms with Crippen LogP contribution in [0.1, 0.15) is 17.6 Å². The number of aromatic nitrogens is 3.